The monoisotopic (exact) mass is 380 g/mol. The summed E-state index contributed by atoms with van der Waals surface area (Å²) in [6, 6.07) is 4.81. The Morgan fingerprint density at radius 1 is 1.18 bits per heavy atom. The summed E-state index contributed by atoms with van der Waals surface area (Å²) < 4.78 is 1.87. The lowest BCUT2D eigenvalue weighted by molar-refractivity contribution is 0.314. The molecule has 0 aliphatic carbocycles. The van der Waals surface area contributed by atoms with Crippen LogP contribution in [0.25, 0.3) is 11.4 Å². The van der Waals surface area contributed by atoms with E-state index in [0.29, 0.717) is 6.04 Å². The maximum atomic E-state index is 4.59. The van der Waals surface area contributed by atoms with Gasteiger partial charge in [0.2, 0.25) is 0 Å². The molecule has 150 valence electrons. The highest BCUT2D eigenvalue weighted by Gasteiger charge is 2.41. The molecule has 0 radical (unpaired) electrons. The van der Waals surface area contributed by atoms with Gasteiger partial charge in [-0.05, 0) is 62.8 Å². The van der Waals surface area contributed by atoms with E-state index in [1.165, 1.54) is 32.4 Å². The fraction of sp³-hybridized carbons (Fsp3) is 0.591. The molecule has 6 nitrogen and oxygen atoms in total. The van der Waals surface area contributed by atoms with Gasteiger partial charge in [0.25, 0.3) is 0 Å². The van der Waals surface area contributed by atoms with Gasteiger partial charge in [0.15, 0.2) is 5.82 Å². The minimum absolute atomic E-state index is 0.588. The van der Waals surface area contributed by atoms with Gasteiger partial charge in [-0.25, -0.2) is 0 Å². The summed E-state index contributed by atoms with van der Waals surface area (Å²) in [5.74, 6) is 1.79. The molecule has 0 bridgehead atoms. The first kappa shape index (κ1) is 19.1. The number of likely N-dealkylation sites (tertiary alicyclic amines) is 1. The Morgan fingerprint density at radius 2 is 2.07 bits per heavy atom. The predicted octanol–water partition coefficient (Wildman–Crippen LogP) is 3.44. The SMILES string of the molecule is CC/C=C\CCCN1CC2CCN(c3ccc(-c4c(C)cnn4C)nn3)C2C1. The molecule has 2 aromatic heterocycles. The van der Waals surface area contributed by atoms with Crippen molar-refractivity contribution in [3.8, 4) is 11.4 Å². The van der Waals surface area contributed by atoms with E-state index >= 15 is 0 Å². The summed E-state index contributed by atoms with van der Waals surface area (Å²) in [7, 11) is 1.95. The molecule has 2 unspecified atom stereocenters. The molecule has 0 N–H and O–H groups in total. The lowest BCUT2D eigenvalue weighted by Gasteiger charge is -2.25. The van der Waals surface area contributed by atoms with Crippen LogP contribution in [0.4, 0.5) is 5.82 Å². The van der Waals surface area contributed by atoms with Crippen molar-refractivity contribution in [3.63, 3.8) is 0 Å². The van der Waals surface area contributed by atoms with E-state index in [0.717, 1.165) is 48.2 Å². The van der Waals surface area contributed by atoms with Crippen LogP contribution in [0.1, 0.15) is 38.2 Å². The molecule has 2 fully saturated rings. The van der Waals surface area contributed by atoms with Crippen LogP contribution in [0.2, 0.25) is 0 Å². The molecule has 0 amide bonds. The second kappa shape index (κ2) is 8.43. The minimum atomic E-state index is 0.588. The lowest BCUT2D eigenvalue weighted by atomic mass is 10.1. The third kappa shape index (κ3) is 3.83. The van der Waals surface area contributed by atoms with E-state index in [1.54, 1.807) is 0 Å². The Kier molecular flexibility index (Phi) is 5.76. The zero-order chi connectivity index (χ0) is 19.5. The van der Waals surface area contributed by atoms with Crippen LogP contribution in [-0.4, -0.2) is 57.1 Å². The van der Waals surface area contributed by atoms with Crippen LogP contribution < -0.4 is 4.90 Å². The highest BCUT2D eigenvalue weighted by Crippen LogP contribution is 2.34. The zero-order valence-electron chi connectivity index (χ0n) is 17.4. The minimum Gasteiger partial charge on any atom is -0.351 e. The third-order valence-corrected chi connectivity index (χ3v) is 6.18. The molecule has 0 aromatic carbocycles. The highest BCUT2D eigenvalue weighted by atomic mass is 15.3. The Hall–Kier alpha value is -2.21. The number of aryl methyl sites for hydroxylation is 2. The summed E-state index contributed by atoms with van der Waals surface area (Å²) in [6.45, 7) is 8.96. The van der Waals surface area contributed by atoms with Crippen molar-refractivity contribution in [1.82, 2.24) is 24.9 Å². The third-order valence-electron chi connectivity index (χ3n) is 6.18. The van der Waals surface area contributed by atoms with Gasteiger partial charge in [0.05, 0.1) is 11.9 Å². The van der Waals surface area contributed by atoms with Crippen LogP contribution in [0.3, 0.4) is 0 Å². The number of rotatable bonds is 7. The summed E-state index contributed by atoms with van der Waals surface area (Å²) >= 11 is 0. The number of hydrogen-bond donors (Lipinski definition) is 0. The van der Waals surface area contributed by atoms with Gasteiger partial charge >= 0.3 is 0 Å². The predicted molar refractivity (Wildman–Crippen MR) is 113 cm³/mol. The van der Waals surface area contributed by atoms with Crippen LogP contribution in [0.15, 0.2) is 30.5 Å². The molecule has 6 heteroatoms. The summed E-state index contributed by atoms with van der Waals surface area (Å²) in [4.78, 5) is 5.12. The number of nitrogens with zero attached hydrogens (tertiary/aromatic N) is 6. The molecule has 2 atom stereocenters. The number of unbranched alkanes of at least 4 members (excludes halogenated alkanes) is 1. The smallest absolute Gasteiger partial charge is 0.151 e. The first-order chi connectivity index (χ1) is 13.7. The summed E-state index contributed by atoms with van der Waals surface area (Å²) in [5, 5.41) is 13.4. The van der Waals surface area contributed by atoms with Gasteiger partial charge in [-0.2, -0.15) is 5.10 Å². The molecular weight excluding hydrogens is 348 g/mol. The van der Waals surface area contributed by atoms with E-state index in [1.807, 2.05) is 17.9 Å². The normalized spacial score (nSPS) is 22.5. The van der Waals surface area contributed by atoms with Crippen LogP contribution in [0, 0.1) is 12.8 Å². The van der Waals surface area contributed by atoms with Gasteiger partial charge in [-0.15, -0.1) is 10.2 Å². The first-order valence-electron chi connectivity index (χ1n) is 10.6. The van der Waals surface area contributed by atoms with E-state index in [9.17, 15) is 0 Å². The average molecular weight is 381 g/mol. The van der Waals surface area contributed by atoms with E-state index in [4.69, 9.17) is 0 Å². The van der Waals surface area contributed by atoms with Gasteiger partial charge in [0.1, 0.15) is 5.69 Å². The van der Waals surface area contributed by atoms with Crippen LogP contribution in [0.5, 0.6) is 0 Å². The lowest BCUT2D eigenvalue weighted by Crippen LogP contribution is -2.36. The van der Waals surface area contributed by atoms with Gasteiger partial charge < -0.3 is 9.80 Å². The maximum absolute atomic E-state index is 4.59. The van der Waals surface area contributed by atoms with Crippen molar-refractivity contribution in [2.45, 2.75) is 45.6 Å². The molecule has 2 aliphatic rings. The van der Waals surface area contributed by atoms with Crippen molar-refractivity contribution in [2.75, 3.05) is 31.1 Å². The number of aromatic nitrogens is 4. The molecule has 4 rings (SSSR count). The average Bonchev–Trinajstić information content (AvgIpc) is 3.36. The summed E-state index contributed by atoms with van der Waals surface area (Å²) in [6.07, 6.45) is 11.3. The van der Waals surface area contributed by atoms with E-state index in [2.05, 4.69) is 63.2 Å². The summed E-state index contributed by atoms with van der Waals surface area (Å²) in [5.41, 5.74) is 3.07. The van der Waals surface area contributed by atoms with Gasteiger partial charge in [-0.3, -0.25) is 4.68 Å². The number of allylic oxidation sites excluding steroid dienone is 2. The molecule has 0 saturated carbocycles. The van der Waals surface area contributed by atoms with Crippen molar-refractivity contribution in [1.29, 1.82) is 0 Å². The molecule has 2 saturated heterocycles. The van der Waals surface area contributed by atoms with Gasteiger partial charge in [-0.1, -0.05) is 19.1 Å². The standard InChI is InChI=1S/C22H32N6/c1-4-5-6-7-8-12-27-15-18-11-13-28(20(18)16-27)21-10-9-19(24-25-21)22-17(2)14-23-26(22)3/h5-6,9-10,14,18,20H,4,7-8,11-13,15-16H2,1-3H3/b6-5-. The van der Waals surface area contributed by atoms with Crippen LogP contribution in [-0.2, 0) is 7.05 Å². The quantitative estimate of drug-likeness (QED) is 0.544. The van der Waals surface area contributed by atoms with E-state index < -0.39 is 0 Å². The van der Waals surface area contributed by atoms with Crippen molar-refractivity contribution in [3.05, 3.63) is 36.0 Å². The number of fused-ring (bicyclic) bond motifs is 1. The zero-order valence-corrected chi connectivity index (χ0v) is 17.4. The van der Waals surface area contributed by atoms with Crippen molar-refractivity contribution >= 4 is 5.82 Å². The number of anilines is 1. The van der Waals surface area contributed by atoms with Gasteiger partial charge in [0, 0.05) is 32.7 Å². The second-order valence-corrected chi connectivity index (χ2v) is 8.17. The first-order valence-corrected chi connectivity index (χ1v) is 10.6. The Balaban J connectivity index is 1.38. The molecule has 0 spiro atoms. The maximum Gasteiger partial charge on any atom is 0.151 e. The molecule has 28 heavy (non-hydrogen) atoms. The number of hydrogen-bond acceptors (Lipinski definition) is 5. The van der Waals surface area contributed by atoms with Crippen molar-refractivity contribution in [2.24, 2.45) is 13.0 Å². The Morgan fingerprint density at radius 3 is 2.79 bits per heavy atom. The highest BCUT2D eigenvalue weighted by molar-refractivity contribution is 5.59. The Bertz CT molecular complexity index is 789. The van der Waals surface area contributed by atoms with E-state index in [-0.39, 0.29) is 0 Å². The second-order valence-electron chi connectivity index (χ2n) is 8.17. The largest absolute Gasteiger partial charge is 0.351 e. The topological polar surface area (TPSA) is 50.1 Å². The van der Waals surface area contributed by atoms with Crippen molar-refractivity contribution < 1.29 is 0 Å². The fourth-order valence-corrected chi connectivity index (χ4v) is 4.75. The molecule has 2 aliphatic heterocycles. The molecular formula is C22H32N6. The fourth-order valence-electron chi connectivity index (χ4n) is 4.75. The Labute approximate surface area is 168 Å². The molecule has 4 heterocycles. The van der Waals surface area contributed by atoms with Crippen LogP contribution >= 0.6 is 0 Å². The molecule has 2 aromatic rings.